The molecule has 0 amide bonds. The highest BCUT2D eigenvalue weighted by molar-refractivity contribution is 5.98. The maximum atomic E-state index is 13.6. The fourth-order valence-corrected chi connectivity index (χ4v) is 2.60. The van der Waals surface area contributed by atoms with E-state index in [0.717, 1.165) is 25.0 Å². The molecule has 0 N–H and O–H groups in total. The third kappa shape index (κ3) is 2.82. The number of ketones is 1. The van der Waals surface area contributed by atoms with E-state index in [1.54, 1.807) is 0 Å². The van der Waals surface area contributed by atoms with Gasteiger partial charge in [-0.05, 0) is 43.2 Å². The largest absolute Gasteiger partial charge is 0.294 e. The molecule has 0 unspecified atom stereocenters. The number of hydrogen-bond donors (Lipinski definition) is 0. The van der Waals surface area contributed by atoms with Gasteiger partial charge in [0.25, 0.3) is 0 Å². The van der Waals surface area contributed by atoms with Gasteiger partial charge in [0.2, 0.25) is 0 Å². The van der Waals surface area contributed by atoms with Crippen LogP contribution in [0.5, 0.6) is 0 Å². The first kappa shape index (κ1) is 14.1. The van der Waals surface area contributed by atoms with Gasteiger partial charge in [0.05, 0.1) is 5.56 Å². The van der Waals surface area contributed by atoms with E-state index in [1.807, 2.05) is 0 Å². The summed E-state index contributed by atoms with van der Waals surface area (Å²) in [4.78, 5) is 12.2. The lowest BCUT2D eigenvalue weighted by molar-refractivity contribution is 0.0832. The Labute approximate surface area is 110 Å². The molecule has 1 saturated carbocycles. The summed E-state index contributed by atoms with van der Waals surface area (Å²) in [6.07, 6.45) is 3.11. The quantitative estimate of drug-likeness (QED) is 0.571. The molecule has 0 spiro atoms. The first-order valence-corrected chi connectivity index (χ1v) is 6.49. The Morgan fingerprint density at radius 3 is 2.26 bits per heavy atom. The number of benzene rings is 1. The van der Waals surface area contributed by atoms with E-state index in [-0.39, 0.29) is 16.9 Å². The van der Waals surface area contributed by atoms with Crippen molar-refractivity contribution in [2.45, 2.75) is 39.5 Å². The van der Waals surface area contributed by atoms with E-state index >= 15 is 0 Å². The zero-order valence-corrected chi connectivity index (χ0v) is 11.1. The molecule has 1 aromatic carbocycles. The molecular formula is C15H17F3O. The van der Waals surface area contributed by atoms with Gasteiger partial charge in [0.1, 0.15) is 0 Å². The summed E-state index contributed by atoms with van der Waals surface area (Å²) < 4.78 is 39.6. The van der Waals surface area contributed by atoms with E-state index in [1.165, 1.54) is 0 Å². The molecule has 1 aliphatic rings. The summed E-state index contributed by atoms with van der Waals surface area (Å²) in [5, 5.41) is 0. The third-order valence-electron chi connectivity index (χ3n) is 4.01. The highest BCUT2D eigenvalue weighted by atomic mass is 19.2. The van der Waals surface area contributed by atoms with Crippen LogP contribution < -0.4 is 0 Å². The molecule has 0 saturated heterocycles. The van der Waals surface area contributed by atoms with Crippen LogP contribution in [0, 0.1) is 28.8 Å². The minimum Gasteiger partial charge on any atom is -0.294 e. The Morgan fingerprint density at radius 2 is 1.68 bits per heavy atom. The normalized spacial score (nSPS) is 19.4. The van der Waals surface area contributed by atoms with Crippen LogP contribution in [-0.4, -0.2) is 5.78 Å². The van der Waals surface area contributed by atoms with E-state index < -0.39 is 23.2 Å². The molecule has 19 heavy (non-hydrogen) atoms. The minimum atomic E-state index is -1.57. The van der Waals surface area contributed by atoms with Gasteiger partial charge in [-0.2, -0.15) is 0 Å². The average molecular weight is 270 g/mol. The fraction of sp³-hybridized carbons (Fsp3) is 0.533. The summed E-state index contributed by atoms with van der Waals surface area (Å²) >= 11 is 0. The molecule has 0 aliphatic heterocycles. The minimum absolute atomic E-state index is 0.198. The standard InChI is InChI=1S/C15H17F3O/c1-15(2)7-5-9(6-8-15)14(19)10-3-4-11(16)13(18)12(10)17/h3-4,9H,5-8H2,1-2H3. The number of carbonyl (C=O) groups excluding carboxylic acids is 1. The molecule has 0 radical (unpaired) electrons. The Bertz CT molecular complexity index is 498. The van der Waals surface area contributed by atoms with Crippen molar-refractivity contribution in [1.29, 1.82) is 0 Å². The number of Topliss-reactive ketones (excluding diaryl/α,β-unsaturated/α-hetero) is 1. The number of rotatable bonds is 2. The van der Waals surface area contributed by atoms with Crippen molar-refractivity contribution in [2.75, 3.05) is 0 Å². The van der Waals surface area contributed by atoms with Crippen LogP contribution in [0.1, 0.15) is 49.9 Å². The molecule has 104 valence electrons. The topological polar surface area (TPSA) is 17.1 Å². The first-order valence-electron chi connectivity index (χ1n) is 6.49. The Kier molecular flexibility index (Phi) is 3.70. The molecule has 0 bridgehead atoms. The van der Waals surface area contributed by atoms with Crippen molar-refractivity contribution in [3.63, 3.8) is 0 Å². The Balaban J connectivity index is 2.20. The lowest BCUT2D eigenvalue weighted by Gasteiger charge is -2.33. The molecular weight excluding hydrogens is 253 g/mol. The summed E-state index contributed by atoms with van der Waals surface area (Å²) in [7, 11) is 0. The Hall–Kier alpha value is -1.32. The highest BCUT2D eigenvalue weighted by Gasteiger charge is 2.32. The van der Waals surface area contributed by atoms with Gasteiger partial charge in [-0.25, -0.2) is 13.2 Å². The molecule has 2 rings (SSSR count). The SMILES string of the molecule is CC1(C)CCC(C(=O)c2ccc(F)c(F)c2F)CC1. The number of halogens is 3. The molecule has 0 aromatic heterocycles. The third-order valence-corrected chi connectivity index (χ3v) is 4.01. The van der Waals surface area contributed by atoms with Crippen LogP contribution in [0.25, 0.3) is 0 Å². The van der Waals surface area contributed by atoms with Gasteiger partial charge in [-0.15, -0.1) is 0 Å². The highest BCUT2D eigenvalue weighted by Crippen LogP contribution is 2.39. The molecule has 1 aliphatic carbocycles. The van der Waals surface area contributed by atoms with Gasteiger partial charge in [0.15, 0.2) is 23.2 Å². The second-order valence-corrected chi connectivity index (χ2v) is 6.03. The monoisotopic (exact) mass is 270 g/mol. The number of carbonyl (C=O) groups is 1. The van der Waals surface area contributed by atoms with Crippen LogP contribution in [0.2, 0.25) is 0 Å². The maximum Gasteiger partial charge on any atom is 0.195 e. The molecule has 4 heteroatoms. The lowest BCUT2D eigenvalue weighted by atomic mass is 9.71. The van der Waals surface area contributed by atoms with Crippen molar-refractivity contribution in [3.8, 4) is 0 Å². The fourth-order valence-electron chi connectivity index (χ4n) is 2.60. The van der Waals surface area contributed by atoms with Crippen LogP contribution >= 0.6 is 0 Å². The van der Waals surface area contributed by atoms with Crippen LogP contribution in [0.15, 0.2) is 12.1 Å². The van der Waals surface area contributed by atoms with E-state index in [0.29, 0.717) is 12.8 Å². The molecule has 1 aromatic rings. The smallest absolute Gasteiger partial charge is 0.195 e. The van der Waals surface area contributed by atoms with E-state index in [9.17, 15) is 18.0 Å². The summed E-state index contributed by atoms with van der Waals surface area (Å²) in [5.74, 6) is -4.89. The Morgan fingerprint density at radius 1 is 1.11 bits per heavy atom. The zero-order valence-electron chi connectivity index (χ0n) is 11.1. The van der Waals surface area contributed by atoms with Gasteiger partial charge >= 0.3 is 0 Å². The first-order chi connectivity index (χ1) is 8.82. The van der Waals surface area contributed by atoms with Gasteiger partial charge in [0, 0.05) is 5.92 Å². The van der Waals surface area contributed by atoms with Crippen molar-refractivity contribution < 1.29 is 18.0 Å². The maximum absolute atomic E-state index is 13.6. The molecule has 1 nitrogen and oxygen atoms in total. The van der Waals surface area contributed by atoms with Gasteiger partial charge < -0.3 is 0 Å². The predicted octanol–water partition coefficient (Wildman–Crippen LogP) is 4.50. The molecule has 1 fully saturated rings. The number of hydrogen-bond acceptors (Lipinski definition) is 1. The second kappa shape index (κ2) is 4.99. The average Bonchev–Trinajstić information content (AvgIpc) is 2.35. The van der Waals surface area contributed by atoms with E-state index in [2.05, 4.69) is 13.8 Å². The lowest BCUT2D eigenvalue weighted by Crippen LogP contribution is -2.27. The van der Waals surface area contributed by atoms with E-state index in [4.69, 9.17) is 0 Å². The summed E-state index contributed by atoms with van der Waals surface area (Å²) in [6.45, 7) is 4.26. The van der Waals surface area contributed by atoms with Crippen LogP contribution in [0.4, 0.5) is 13.2 Å². The molecule has 0 atom stereocenters. The summed E-state index contributed by atoms with van der Waals surface area (Å²) in [6, 6.07) is 1.84. The summed E-state index contributed by atoms with van der Waals surface area (Å²) in [5.41, 5.74) is -0.132. The second-order valence-electron chi connectivity index (χ2n) is 6.03. The molecule has 0 heterocycles. The van der Waals surface area contributed by atoms with Crippen molar-refractivity contribution >= 4 is 5.78 Å². The van der Waals surface area contributed by atoms with Crippen molar-refractivity contribution in [3.05, 3.63) is 35.1 Å². The van der Waals surface area contributed by atoms with Crippen LogP contribution in [-0.2, 0) is 0 Å². The van der Waals surface area contributed by atoms with Crippen LogP contribution in [0.3, 0.4) is 0 Å². The zero-order chi connectivity index (χ0) is 14.2. The van der Waals surface area contributed by atoms with Crippen molar-refractivity contribution in [1.82, 2.24) is 0 Å². The van der Waals surface area contributed by atoms with Crippen molar-refractivity contribution in [2.24, 2.45) is 11.3 Å². The van der Waals surface area contributed by atoms with Gasteiger partial charge in [-0.3, -0.25) is 4.79 Å². The predicted molar refractivity (Wildman–Crippen MR) is 66.4 cm³/mol. The van der Waals surface area contributed by atoms with Gasteiger partial charge in [-0.1, -0.05) is 13.8 Å².